The zero-order valence-electron chi connectivity index (χ0n) is 25.3. The first-order valence-electron chi connectivity index (χ1n) is 15.6. The van der Waals surface area contributed by atoms with Gasteiger partial charge in [-0.25, -0.2) is 0 Å². The molecule has 45 heavy (non-hydrogen) atoms. The highest BCUT2D eigenvalue weighted by Gasteiger charge is 2.37. The molecule has 7 aromatic carbocycles. The van der Waals surface area contributed by atoms with Crippen molar-refractivity contribution in [2.75, 3.05) is 4.90 Å². The Kier molecular flexibility index (Phi) is 5.58. The standard InChI is InChI=1S/C43H31NO/c1-43(2)36-15-8-6-13-34(36)42-37(43)16-10-17-38(42)44(31-11-4-3-5-12-31)32-23-19-28(20-24-32)29-21-25-33-30(27-29)22-26-40-41(33)35-14-7-9-18-39(35)45-40/h3-27H,1-2H3. The maximum Gasteiger partial charge on any atom is 0.136 e. The molecule has 0 fully saturated rings. The highest BCUT2D eigenvalue weighted by Crippen LogP contribution is 2.54. The fourth-order valence-corrected chi connectivity index (χ4v) is 7.46. The molecule has 2 heteroatoms. The molecule has 1 aliphatic carbocycles. The topological polar surface area (TPSA) is 16.4 Å². The van der Waals surface area contributed by atoms with Gasteiger partial charge in [0.1, 0.15) is 11.2 Å². The number of benzene rings is 7. The fourth-order valence-electron chi connectivity index (χ4n) is 7.46. The van der Waals surface area contributed by atoms with Gasteiger partial charge in [0, 0.05) is 33.1 Å². The first-order chi connectivity index (χ1) is 22.1. The third-order valence-electron chi connectivity index (χ3n) is 9.66. The van der Waals surface area contributed by atoms with Crippen LogP contribution in [0.4, 0.5) is 17.1 Å². The second-order valence-electron chi connectivity index (χ2n) is 12.6. The van der Waals surface area contributed by atoms with Gasteiger partial charge in [0.05, 0.1) is 5.69 Å². The number of hydrogen-bond acceptors (Lipinski definition) is 2. The molecule has 2 nitrogen and oxygen atoms in total. The van der Waals surface area contributed by atoms with E-state index in [1.54, 1.807) is 0 Å². The van der Waals surface area contributed by atoms with Crippen LogP contribution in [0.5, 0.6) is 0 Å². The van der Waals surface area contributed by atoms with E-state index in [1.807, 2.05) is 12.1 Å². The van der Waals surface area contributed by atoms with Crippen LogP contribution in [0, 0.1) is 0 Å². The van der Waals surface area contributed by atoms with Gasteiger partial charge in [0.15, 0.2) is 0 Å². The molecule has 0 atom stereocenters. The van der Waals surface area contributed by atoms with E-state index in [0.717, 1.165) is 27.9 Å². The van der Waals surface area contributed by atoms with Gasteiger partial charge in [-0.2, -0.15) is 0 Å². The number of furan rings is 1. The second-order valence-corrected chi connectivity index (χ2v) is 12.6. The fraction of sp³-hybridized carbons (Fsp3) is 0.0698. The third-order valence-corrected chi connectivity index (χ3v) is 9.66. The molecule has 214 valence electrons. The predicted octanol–water partition coefficient (Wildman–Crippen LogP) is 12.2. The van der Waals surface area contributed by atoms with Gasteiger partial charge in [0.2, 0.25) is 0 Å². The van der Waals surface area contributed by atoms with Crippen molar-refractivity contribution in [3.05, 3.63) is 163 Å². The van der Waals surface area contributed by atoms with Gasteiger partial charge in [-0.3, -0.25) is 0 Å². The summed E-state index contributed by atoms with van der Waals surface area (Å²) >= 11 is 0. The number of para-hydroxylation sites is 2. The van der Waals surface area contributed by atoms with E-state index in [0.29, 0.717) is 0 Å². The van der Waals surface area contributed by atoms with Crippen molar-refractivity contribution >= 4 is 49.8 Å². The van der Waals surface area contributed by atoms with Crippen LogP contribution >= 0.6 is 0 Å². The van der Waals surface area contributed by atoms with Crippen molar-refractivity contribution in [1.29, 1.82) is 0 Å². The van der Waals surface area contributed by atoms with Gasteiger partial charge in [-0.05, 0) is 87.1 Å². The van der Waals surface area contributed by atoms with Gasteiger partial charge < -0.3 is 9.32 Å². The molecule has 0 saturated heterocycles. The zero-order valence-corrected chi connectivity index (χ0v) is 25.3. The Balaban J connectivity index is 1.16. The van der Waals surface area contributed by atoms with Crippen LogP contribution in [0.1, 0.15) is 25.0 Å². The Morgan fingerprint density at radius 2 is 1.22 bits per heavy atom. The summed E-state index contributed by atoms with van der Waals surface area (Å²) < 4.78 is 6.14. The maximum absolute atomic E-state index is 6.14. The Hall–Kier alpha value is -5.60. The smallest absolute Gasteiger partial charge is 0.136 e. The number of anilines is 3. The summed E-state index contributed by atoms with van der Waals surface area (Å²) in [5, 5.41) is 4.77. The molecule has 0 spiro atoms. The molecule has 0 amide bonds. The van der Waals surface area contributed by atoms with Crippen LogP contribution in [0.2, 0.25) is 0 Å². The minimum Gasteiger partial charge on any atom is -0.456 e. The highest BCUT2D eigenvalue weighted by molar-refractivity contribution is 6.19. The Morgan fingerprint density at radius 1 is 0.511 bits per heavy atom. The molecule has 1 heterocycles. The summed E-state index contributed by atoms with van der Waals surface area (Å²) in [5.74, 6) is 0. The number of nitrogens with zero attached hydrogens (tertiary/aromatic N) is 1. The molecule has 9 rings (SSSR count). The van der Waals surface area contributed by atoms with E-state index in [9.17, 15) is 0 Å². The zero-order chi connectivity index (χ0) is 30.1. The van der Waals surface area contributed by atoms with Crippen molar-refractivity contribution in [2.24, 2.45) is 0 Å². The number of hydrogen-bond donors (Lipinski definition) is 0. The SMILES string of the molecule is CC1(C)c2ccccc2-c2c(N(c3ccccc3)c3ccc(-c4ccc5c(ccc6oc7ccccc7c65)c4)cc3)cccc21. The largest absolute Gasteiger partial charge is 0.456 e. The van der Waals surface area contributed by atoms with E-state index in [1.165, 1.54) is 55.2 Å². The molecule has 1 aliphatic rings. The Morgan fingerprint density at radius 3 is 2.09 bits per heavy atom. The lowest BCUT2D eigenvalue weighted by Gasteiger charge is -2.29. The molecular formula is C43H31NO. The summed E-state index contributed by atoms with van der Waals surface area (Å²) in [5.41, 5.74) is 13.1. The van der Waals surface area contributed by atoms with E-state index >= 15 is 0 Å². The first-order valence-corrected chi connectivity index (χ1v) is 15.6. The Labute approximate surface area is 262 Å². The third kappa shape index (κ3) is 3.89. The lowest BCUT2D eigenvalue weighted by Crippen LogP contribution is -2.16. The van der Waals surface area contributed by atoms with Crippen LogP contribution in [-0.2, 0) is 5.41 Å². The van der Waals surface area contributed by atoms with Crippen molar-refractivity contribution in [3.63, 3.8) is 0 Å². The van der Waals surface area contributed by atoms with Gasteiger partial charge in [-0.1, -0.05) is 117 Å². The number of rotatable bonds is 4. The molecular weight excluding hydrogens is 546 g/mol. The average molecular weight is 578 g/mol. The summed E-state index contributed by atoms with van der Waals surface area (Å²) in [4.78, 5) is 2.40. The van der Waals surface area contributed by atoms with E-state index < -0.39 is 0 Å². The van der Waals surface area contributed by atoms with Crippen LogP contribution in [0.25, 0.3) is 55.0 Å². The second kappa shape index (κ2) is 9.70. The molecule has 8 aromatic rings. The van der Waals surface area contributed by atoms with Crippen LogP contribution in [0.15, 0.2) is 156 Å². The quantitative estimate of drug-likeness (QED) is 0.207. The molecule has 0 N–H and O–H groups in total. The highest BCUT2D eigenvalue weighted by atomic mass is 16.3. The molecule has 0 radical (unpaired) electrons. The van der Waals surface area contributed by atoms with Crippen LogP contribution in [-0.4, -0.2) is 0 Å². The van der Waals surface area contributed by atoms with E-state index in [4.69, 9.17) is 4.42 Å². The lowest BCUT2D eigenvalue weighted by atomic mass is 9.82. The van der Waals surface area contributed by atoms with Crippen molar-refractivity contribution in [3.8, 4) is 22.3 Å². The minimum atomic E-state index is -0.0570. The van der Waals surface area contributed by atoms with Crippen LogP contribution < -0.4 is 4.90 Å². The Bertz CT molecular complexity index is 2400. The van der Waals surface area contributed by atoms with Gasteiger partial charge in [0.25, 0.3) is 0 Å². The normalized spacial score (nSPS) is 13.3. The van der Waals surface area contributed by atoms with E-state index in [-0.39, 0.29) is 5.41 Å². The van der Waals surface area contributed by atoms with Crippen molar-refractivity contribution in [2.45, 2.75) is 19.3 Å². The average Bonchev–Trinajstić information content (AvgIpc) is 3.58. The van der Waals surface area contributed by atoms with Gasteiger partial charge in [-0.15, -0.1) is 0 Å². The molecule has 0 bridgehead atoms. The van der Waals surface area contributed by atoms with Crippen molar-refractivity contribution < 1.29 is 4.42 Å². The first kappa shape index (κ1) is 25.9. The summed E-state index contributed by atoms with van der Waals surface area (Å²) in [7, 11) is 0. The van der Waals surface area contributed by atoms with Crippen molar-refractivity contribution in [1.82, 2.24) is 0 Å². The molecule has 0 aliphatic heterocycles. The maximum atomic E-state index is 6.14. The van der Waals surface area contributed by atoms with Crippen LogP contribution in [0.3, 0.4) is 0 Å². The predicted molar refractivity (Wildman–Crippen MR) is 189 cm³/mol. The molecule has 0 unspecified atom stereocenters. The molecule has 1 aromatic heterocycles. The summed E-state index contributed by atoms with van der Waals surface area (Å²) in [6.45, 7) is 4.68. The van der Waals surface area contributed by atoms with E-state index in [2.05, 4.69) is 158 Å². The number of fused-ring (bicyclic) bond motifs is 8. The monoisotopic (exact) mass is 577 g/mol. The lowest BCUT2D eigenvalue weighted by molar-refractivity contribution is 0.660. The summed E-state index contributed by atoms with van der Waals surface area (Å²) in [6, 6.07) is 54.7. The summed E-state index contributed by atoms with van der Waals surface area (Å²) in [6.07, 6.45) is 0. The molecule has 0 saturated carbocycles. The minimum absolute atomic E-state index is 0.0570. The van der Waals surface area contributed by atoms with Gasteiger partial charge >= 0.3 is 0 Å².